The molecule has 88 valence electrons. The second kappa shape index (κ2) is 5.55. The summed E-state index contributed by atoms with van der Waals surface area (Å²) in [5.74, 6) is 0.430. The van der Waals surface area contributed by atoms with E-state index in [0.717, 1.165) is 23.2 Å². The van der Waals surface area contributed by atoms with Gasteiger partial charge in [0, 0.05) is 7.05 Å². The SMILES string of the molecule is CNC(=O)NC(=O)CSc1nc(C)c(C)o1. The van der Waals surface area contributed by atoms with Gasteiger partial charge in [-0.1, -0.05) is 11.8 Å². The topological polar surface area (TPSA) is 84.2 Å². The summed E-state index contributed by atoms with van der Waals surface area (Å²) in [6.45, 7) is 3.63. The van der Waals surface area contributed by atoms with E-state index in [4.69, 9.17) is 4.42 Å². The monoisotopic (exact) mass is 243 g/mol. The summed E-state index contributed by atoms with van der Waals surface area (Å²) in [5.41, 5.74) is 0.800. The number of rotatable bonds is 3. The van der Waals surface area contributed by atoms with E-state index in [2.05, 4.69) is 15.6 Å². The van der Waals surface area contributed by atoms with Gasteiger partial charge in [-0.3, -0.25) is 10.1 Å². The highest BCUT2D eigenvalue weighted by molar-refractivity contribution is 7.99. The third kappa shape index (κ3) is 3.58. The molecule has 0 fully saturated rings. The Morgan fingerprint density at radius 1 is 1.44 bits per heavy atom. The fourth-order valence-corrected chi connectivity index (χ4v) is 1.57. The first-order valence-corrected chi connectivity index (χ1v) is 5.60. The molecule has 1 aromatic rings. The number of carbonyl (C=O) groups excluding carboxylic acids is 2. The van der Waals surface area contributed by atoms with Crippen LogP contribution < -0.4 is 10.6 Å². The van der Waals surface area contributed by atoms with Gasteiger partial charge >= 0.3 is 6.03 Å². The predicted molar refractivity (Wildman–Crippen MR) is 59.3 cm³/mol. The molecular formula is C9H13N3O3S. The molecule has 0 aliphatic heterocycles. The normalized spacial score (nSPS) is 9.94. The van der Waals surface area contributed by atoms with Crippen LogP contribution in [0.1, 0.15) is 11.5 Å². The van der Waals surface area contributed by atoms with Gasteiger partial charge in [0.1, 0.15) is 5.76 Å². The van der Waals surface area contributed by atoms with Crippen molar-refractivity contribution >= 4 is 23.7 Å². The van der Waals surface area contributed by atoms with E-state index in [1.807, 2.05) is 6.92 Å². The second-order valence-electron chi connectivity index (χ2n) is 3.04. The van der Waals surface area contributed by atoms with E-state index < -0.39 is 11.9 Å². The molecule has 0 saturated heterocycles. The Balaban J connectivity index is 2.40. The highest BCUT2D eigenvalue weighted by Crippen LogP contribution is 2.19. The van der Waals surface area contributed by atoms with Crippen molar-refractivity contribution in [3.8, 4) is 0 Å². The fourth-order valence-electron chi connectivity index (χ4n) is 0.858. The Morgan fingerprint density at radius 2 is 2.12 bits per heavy atom. The third-order valence-electron chi connectivity index (χ3n) is 1.82. The number of oxazole rings is 1. The molecule has 0 aromatic carbocycles. The van der Waals surface area contributed by atoms with Gasteiger partial charge in [-0.25, -0.2) is 9.78 Å². The summed E-state index contributed by atoms with van der Waals surface area (Å²) in [6, 6.07) is -0.523. The maximum absolute atomic E-state index is 11.2. The van der Waals surface area contributed by atoms with Gasteiger partial charge in [-0.2, -0.15) is 0 Å². The summed E-state index contributed by atoms with van der Waals surface area (Å²) < 4.78 is 5.27. The van der Waals surface area contributed by atoms with Gasteiger partial charge in [0.2, 0.25) is 5.91 Å². The Labute approximate surface area is 97.2 Å². The van der Waals surface area contributed by atoms with Gasteiger partial charge in [0.15, 0.2) is 0 Å². The average molecular weight is 243 g/mol. The molecule has 0 bridgehead atoms. The van der Waals surface area contributed by atoms with Crippen molar-refractivity contribution in [3.63, 3.8) is 0 Å². The van der Waals surface area contributed by atoms with E-state index in [1.165, 1.54) is 7.05 Å². The average Bonchev–Trinajstić information content (AvgIpc) is 2.55. The number of urea groups is 1. The Morgan fingerprint density at radius 3 is 2.62 bits per heavy atom. The van der Waals surface area contributed by atoms with E-state index in [9.17, 15) is 9.59 Å². The molecule has 0 aliphatic carbocycles. The van der Waals surface area contributed by atoms with Crippen LogP contribution in [0.4, 0.5) is 4.79 Å². The summed E-state index contributed by atoms with van der Waals surface area (Å²) in [6.07, 6.45) is 0. The lowest BCUT2D eigenvalue weighted by Gasteiger charge is -2.00. The first-order chi connectivity index (χ1) is 7.52. The third-order valence-corrected chi connectivity index (χ3v) is 2.64. The number of amides is 3. The van der Waals surface area contributed by atoms with Gasteiger partial charge < -0.3 is 9.73 Å². The number of aromatic nitrogens is 1. The van der Waals surface area contributed by atoms with Crippen molar-refractivity contribution in [1.82, 2.24) is 15.6 Å². The van der Waals surface area contributed by atoms with Crippen LogP contribution in [0.5, 0.6) is 0 Å². The number of hydrogen-bond acceptors (Lipinski definition) is 5. The van der Waals surface area contributed by atoms with Crippen LogP contribution in [0.2, 0.25) is 0 Å². The number of nitrogens with zero attached hydrogens (tertiary/aromatic N) is 1. The predicted octanol–water partition coefficient (Wildman–Crippen LogP) is 0.839. The first-order valence-electron chi connectivity index (χ1n) is 4.61. The van der Waals surface area contributed by atoms with Crippen molar-refractivity contribution in [1.29, 1.82) is 0 Å². The van der Waals surface area contributed by atoms with Crippen molar-refractivity contribution in [2.24, 2.45) is 0 Å². The molecule has 3 amide bonds. The highest BCUT2D eigenvalue weighted by Gasteiger charge is 2.10. The van der Waals surface area contributed by atoms with Crippen molar-refractivity contribution in [2.75, 3.05) is 12.8 Å². The standard InChI is InChI=1S/C9H13N3O3S/c1-5-6(2)15-9(11-5)16-4-7(13)12-8(14)10-3/h4H2,1-3H3,(H2,10,12,13,14). The number of imide groups is 1. The molecule has 0 aliphatic rings. The molecule has 0 atom stereocenters. The molecule has 16 heavy (non-hydrogen) atoms. The molecule has 1 rings (SSSR count). The molecule has 1 aromatic heterocycles. The molecule has 2 N–H and O–H groups in total. The lowest BCUT2D eigenvalue weighted by Crippen LogP contribution is -2.38. The molecule has 0 radical (unpaired) electrons. The Bertz CT molecular complexity index is 383. The minimum absolute atomic E-state index is 0.0901. The molecule has 0 spiro atoms. The van der Waals surface area contributed by atoms with E-state index in [1.54, 1.807) is 6.92 Å². The quantitative estimate of drug-likeness (QED) is 0.768. The van der Waals surface area contributed by atoms with Crippen LogP contribution >= 0.6 is 11.8 Å². The van der Waals surface area contributed by atoms with Gasteiger partial charge in [-0.05, 0) is 13.8 Å². The van der Waals surface area contributed by atoms with Gasteiger partial charge in [-0.15, -0.1) is 0 Å². The summed E-state index contributed by atoms with van der Waals surface area (Å²) >= 11 is 1.15. The highest BCUT2D eigenvalue weighted by atomic mass is 32.2. The van der Waals surface area contributed by atoms with Crippen LogP contribution in [0.3, 0.4) is 0 Å². The second-order valence-corrected chi connectivity index (χ2v) is 3.96. The van der Waals surface area contributed by atoms with Crippen molar-refractivity contribution in [3.05, 3.63) is 11.5 Å². The molecule has 6 nitrogen and oxygen atoms in total. The van der Waals surface area contributed by atoms with E-state index >= 15 is 0 Å². The van der Waals surface area contributed by atoms with E-state index in [-0.39, 0.29) is 5.75 Å². The van der Waals surface area contributed by atoms with Crippen LogP contribution in [0.25, 0.3) is 0 Å². The lowest BCUT2D eigenvalue weighted by atomic mass is 10.4. The minimum atomic E-state index is -0.523. The van der Waals surface area contributed by atoms with Crippen molar-refractivity contribution < 1.29 is 14.0 Å². The van der Waals surface area contributed by atoms with Gasteiger partial charge in [0.25, 0.3) is 5.22 Å². The Kier molecular flexibility index (Phi) is 4.36. The largest absolute Gasteiger partial charge is 0.437 e. The van der Waals surface area contributed by atoms with Crippen LogP contribution in [-0.2, 0) is 4.79 Å². The number of aryl methyl sites for hydroxylation is 2. The minimum Gasteiger partial charge on any atom is -0.437 e. The Hall–Kier alpha value is -1.50. The summed E-state index contributed by atoms with van der Waals surface area (Å²) in [7, 11) is 1.44. The molecule has 7 heteroatoms. The fraction of sp³-hybridized carbons (Fsp3) is 0.444. The first kappa shape index (κ1) is 12.6. The summed E-state index contributed by atoms with van der Waals surface area (Å²) in [5, 5.41) is 4.86. The molecule has 0 unspecified atom stereocenters. The lowest BCUT2D eigenvalue weighted by molar-refractivity contribution is -0.117. The van der Waals surface area contributed by atoms with Gasteiger partial charge in [0.05, 0.1) is 11.4 Å². The molecule has 0 saturated carbocycles. The zero-order valence-electron chi connectivity index (χ0n) is 9.29. The summed E-state index contributed by atoms with van der Waals surface area (Å²) in [4.78, 5) is 26.1. The molecule has 1 heterocycles. The maximum atomic E-state index is 11.2. The smallest absolute Gasteiger partial charge is 0.321 e. The van der Waals surface area contributed by atoms with Crippen molar-refractivity contribution in [2.45, 2.75) is 19.1 Å². The zero-order valence-corrected chi connectivity index (χ0v) is 10.1. The number of nitrogens with one attached hydrogen (secondary N) is 2. The zero-order chi connectivity index (χ0) is 12.1. The number of hydrogen-bond donors (Lipinski definition) is 2. The van der Waals surface area contributed by atoms with Crippen LogP contribution in [0, 0.1) is 13.8 Å². The number of carbonyl (C=O) groups is 2. The van der Waals surface area contributed by atoms with Crippen LogP contribution in [0.15, 0.2) is 9.64 Å². The number of thioether (sulfide) groups is 1. The maximum Gasteiger partial charge on any atom is 0.321 e. The van der Waals surface area contributed by atoms with E-state index in [0.29, 0.717) is 5.22 Å². The molecular weight excluding hydrogens is 230 g/mol. The van der Waals surface area contributed by atoms with Crippen LogP contribution in [-0.4, -0.2) is 29.7 Å².